The summed E-state index contributed by atoms with van der Waals surface area (Å²) in [6.45, 7) is 2.41. The number of nitrogens with zero attached hydrogens (tertiary/aromatic N) is 1. The van der Waals surface area contributed by atoms with Gasteiger partial charge in [-0.3, -0.25) is 0 Å². The van der Waals surface area contributed by atoms with Gasteiger partial charge in [-0.25, -0.2) is 12.8 Å². The van der Waals surface area contributed by atoms with Crippen molar-refractivity contribution in [3.63, 3.8) is 0 Å². The van der Waals surface area contributed by atoms with Crippen molar-refractivity contribution in [1.82, 2.24) is 4.31 Å². The third-order valence-electron chi connectivity index (χ3n) is 3.53. The van der Waals surface area contributed by atoms with Crippen LogP contribution in [0.25, 0.3) is 0 Å². The molecule has 106 valence electrons. The van der Waals surface area contributed by atoms with Crippen molar-refractivity contribution in [2.45, 2.75) is 43.0 Å². The fraction of sp³-hybridized carbons (Fsp3) is 0.538. The van der Waals surface area contributed by atoms with Crippen LogP contribution in [-0.2, 0) is 15.9 Å². The van der Waals surface area contributed by atoms with Gasteiger partial charge in [0.1, 0.15) is 10.7 Å². The van der Waals surface area contributed by atoms with E-state index in [9.17, 15) is 12.8 Å². The number of benzene rings is 1. The fourth-order valence-electron chi connectivity index (χ4n) is 2.49. The highest BCUT2D eigenvalue weighted by Gasteiger charge is 2.35. The number of rotatable bonds is 4. The first kappa shape index (κ1) is 14.8. The van der Waals surface area contributed by atoms with E-state index in [0.29, 0.717) is 12.1 Å². The van der Waals surface area contributed by atoms with Gasteiger partial charge in [0.2, 0.25) is 10.0 Å². The van der Waals surface area contributed by atoms with Crippen LogP contribution in [0.4, 0.5) is 4.39 Å². The maximum atomic E-state index is 13.8. The summed E-state index contributed by atoms with van der Waals surface area (Å²) in [6, 6.07) is 3.98. The minimum absolute atomic E-state index is 0.0240. The minimum Gasteiger partial charge on any atom is -0.207 e. The van der Waals surface area contributed by atoms with Crippen molar-refractivity contribution in [3.8, 4) is 0 Å². The third-order valence-corrected chi connectivity index (χ3v) is 5.81. The van der Waals surface area contributed by atoms with E-state index < -0.39 is 15.8 Å². The average molecular weight is 306 g/mol. The Bertz CT molecular complexity index is 562. The molecule has 6 heteroatoms. The number of hydrogen-bond acceptors (Lipinski definition) is 2. The molecule has 1 aromatic carbocycles. The predicted octanol–water partition coefficient (Wildman–Crippen LogP) is 3.13. The van der Waals surface area contributed by atoms with Gasteiger partial charge in [-0.1, -0.05) is 13.0 Å². The Kier molecular flexibility index (Phi) is 4.48. The molecule has 1 aromatic rings. The van der Waals surface area contributed by atoms with Crippen molar-refractivity contribution in [2.24, 2.45) is 0 Å². The van der Waals surface area contributed by atoms with Gasteiger partial charge in [0.25, 0.3) is 0 Å². The van der Waals surface area contributed by atoms with Crippen molar-refractivity contribution < 1.29 is 12.8 Å². The second kappa shape index (κ2) is 5.77. The zero-order chi connectivity index (χ0) is 14.0. The zero-order valence-electron chi connectivity index (χ0n) is 10.8. The van der Waals surface area contributed by atoms with Crippen molar-refractivity contribution >= 4 is 21.6 Å². The van der Waals surface area contributed by atoms with Crippen LogP contribution in [-0.4, -0.2) is 25.3 Å². The molecule has 1 fully saturated rings. The standard InChI is InChI=1S/C13H17ClFNO2S/c1-2-11-4-3-7-16(11)19(17,18)13-8-10(9-14)5-6-12(13)15/h5-6,8,11H,2-4,7,9H2,1H3. The lowest BCUT2D eigenvalue weighted by Gasteiger charge is -2.23. The predicted molar refractivity (Wildman–Crippen MR) is 73.2 cm³/mol. The second-order valence-corrected chi connectivity index (χ2v) is 6.84. The summed E-state index contributed by atoms with van der Waals surface area (Å²) in [7, 11) is -3.76. The number of sulfonamides is 1. The lowest BCUT2D eigenvalue weighted by Crippen LogP contribution is -2.35. The van der Waals surface area contributed by atoms with Crippen LogP contribution in [0, 0.1) is 5.82 Å². The van der Waals surface area contributed by atoms with Crippen LogP contribution < -0.4 is 0 Å². The molecule has 19 heavy (non-hydrogen) atoms. The van der Waals surface area contributed by atoms with Crippen molar-refractivity contribution in [1.29, 1.82) is 0 Å². The summed E-state index contributed by atoms with van der Waals surface area (Å²) in [5.41, 5.74) is 0.605. The molecule has 0 amide bonds. The number of hydrogen-bond donors (Lipinski definition) is 0. The molecule has 0 radical (unpaired) electrons. The molecule has 1 aliphatic rings. The van der Waals surface area contributed by atoms with E-state index in [1.54, 1.807) is 0 Å². The molecule has 1 heterocycles. The molecule has 1 unspecified atom stereocenters. The van der Waals surface area contributed by atoms with Crippen molar-refractivity contribution in [2.75, 3.05) is 6.54 Å². The Morgan fingerprint density at radius 2 is 2.21 bits per heavy atom. The molecule has 0 saturated carbocycles. The van der Waals surface area contributed by atoms with Gasteiger partial charge in [-0.05, 0) is 37.0 Å². The zero-order valence-corrected chi connectivity index (χ0v) is 12.3. The molecular formula is C13H17ClFNO2S. The maximum Gasteiger partial charge on any atom is 0.246 e. The average Bonchev–Trinajstić information content (AvgIpc) is 2.88. The molecule has 2 rings (SSSR count). The normalized spacial score (nSPS) is 20.9. The van der Waals surface area contributed by atoms with Gasteiger partial charge in [-0.15, -0.1) is 11.6 Å². The quantitative estimate of drug-likeness (QED) is 0.802. The van der Waals surface area contributed by atoms with Crippen LogP contribution in [0.3, 0.4) is 0 Å². The lowest BCUT2D eigenvalue weighted by atomic mass is 10.2. The highest BCUT2D eigenvalue weighted by molar-refractivity contribution is 7.89. The maximum absolute atomic E-state index is 13.8. The van der Waals surface area contributed by atoms with Crippen LogP contribution in [0.5, 0.6) is 0 Å². The first-order valence-corrected chi connectivity index (χ1v) is 8.34. The van der Waals surface area contributed by atoms with Gasteiger partial charge in [0.05, 0.1) is 0 Å². The van der Waals surface area contributed by atoms with Crippen LogP contribution in [0.15, 0.2) is 23.1 Å². The van der Waals surface area contributed by atoms with E-state index in [1.807, 2.05) is 6.92 Å². The minimum atomic E-state index is -3.76. The van der Waals surface area contributed by atoms with Crippen LogP contribution in [0.1, 0.15) is 31.7 Å². The Hall–Kier alpha value is -0.650. The van der Waals surface area contributed by atoms with Crippen LogP contribution in [0.2, 0.25) is 0 Å². The lowest BCUT2D eigenvalue weighted by molar-refractivity contribution is 0.377. The molecule has 0 aliphatic carbocycles. The van der Waals surface area contributed by atoms with E-state index >= 15 is 0 Å². The molecule has 0 aromatic heterocycles. The second-order valence-electron chi connectivity index (χ2n) is 4.72. The topological polar surface area (TPSA) is 37.4 Å². The van der Waals surface area contributed by atoms with E-state index in [1.165, 1.54) is 22.5 Å². The van der Waals surface area contributed by atoms with E-state index in [-0.39, 0.29) is 16.8 Å². The first-order valence-electron chi connectivity index (χ1n) is 6.37. The Morgan fingerprint density at radius 1 is 1.47 bits per heavy atom. The molecule has 1 atom stereocenters. The summed E-state index contributed by atoms with van der Waals surface area (Å²) in [5.74, 6) is -0.546. The number of halogens is 2. The van der Waals surface area contributed by atoms with Crippen LogP contribution >= 0.6 is 11.6 Å². The summed E-state index contributed by atoms with van der Waals surface area (Å²) < 4.78 is 40.3. The highest BCUT2D eigenvalue weighted by atomic mass is 35.5. The first-order chi connectivity index (χ1) is 9.00. The van der Waals surface area contributed by atoms with Gasteiger partial charge in [0.15, 0.2) is 0 Å². The Balaban J connectivity index is 2.44. The fourth-order valence-corrected chi connectivity index (χ4v) is 4.54. The van der Waals surface area contributed by atoms with E-state index in [4.69, 9.17) is 11.6 Å². The van der Waals surface area contributed by atoms with Gasteiger partial charge in [-0.2, -0.15) is 4.31 Å². The molecule has 1 saturated heterocycles. The smallest absolute Gasteiger partial charge is 0.207 e. The largest absolute Gasteiger partial charge is 0.246 e. The third kappa shape index (κ3) is 2.78. The monoisotopic (exact) mass is 305 g/mol. The Labute approximate surface area is 118 Å². The molecule has 0 N–H and O–H groups in total. The van der Waals surface area contributed by atoms with E-state index in [0.717, 1.165) is 19.3 Å². The molecule has 0 spiro atoms. The summed E-state index contributed by atoms with van der Waals surface area (Å²) in [5, 5.41) is 0. The van der Waals surface area contributed by atoms with Gasteiger partial charge in [0, 0.05) is 18.5 Å². The molecule has 1 aliphatic heterocycles. The van der Waals surface area contributed by atoms with Gasteiger partial charge < -0.3 is 0 Å². The molecule has 0 bridgehead atoms. The van der Waals surface area contributed by atoms with Gasteiger partial charge >= 0.3 is 0 Å². The summed E-state index contributed by atoms with van der Waals surface area (Å²) >= 11 is 5.69. The van der Waals surface area contributed by atoms with E-state index in [2.05, 4.69) is 0 Å². The Morgan fingerprint density at radius 3 is 2.84 bits per heavy atom. The molecule has 3 nitrogen and oxygen atoms in total. The molecular weight excluding hydrogens is 289 g/mol. The summed E-state index contributed by atoms with van der Waals surface area (Å²) in [4.78, 5) is -0.258. The summed E-state index contributed by atoms with van der Waals surface area (Å²) in [6.07, 6.45) is 2.41. The highest BCUT2D eigenvalue weighted by Crippen LogP contribution is 2.29. The SMILES string of the molecule is CCC1CCCN1S(=O)(=O)c1cc(CCl)ccc1F. The van der Waals surface area contributed by atoms with Crippen molar-refractivity contribution in [3.05, 3.63) is 29.6 Å². The number of alkyl halides is 1.